The van der Waals surface area contributed by atoms with E-state index in [9.17, 15) is 17.4 Å². The summed E-state index contributed by atoms with van der Waals surface area (Å²) in [6, 6.07) is 1.44. The summed E-state index contributed by atoms with van der Waals surface area (Å²) in [5, 5.41) is 7.49. The van der Waals surface area contributed by atoms with Crippen molar-refractivity contribution in [1.82, 2.24) is 9.78 Å². The topological polar surface area (TPSA) is 82.5 Å². The first-order chi connectivity index (χ1) is 13.6. The molecule has 13 heteroatoms. The molecule has 0 saturated carbocycles. The first-order valence-electron chi connectivity index (χ1n) is 8.62. The van der Waals surface area contributed by atoms with Gasteiger partial charge in [-0.05, 0) is 23.7 Å². The molecule has 30 heavy (non-hydrogen) atoms. The van der Waals surface area contributed by atoms with Crippen LogP contribution in [0.4, 0.5) is 19.0 Å². The van der Waals surface area contributed by atoms with Gasteiger partial charge in [0.05, 0.1) is 32.6 Å². The van der Waals surface area contributed by atoms with Gasteiger partial charge in [0.15, 0.2) is 0 Å². The van der Waals surface area contributed by atoms with Gasteiger partial charge in [0.1, 0.15) is 22.1 Å². The number of alkyl halides is 3. The summed E-state index contributed by atoms with van der Waals surface area (Å²) in [7, 11) is -3.24. The molecule has 0 aliphatic heterocycles. The number of halogens is 5. The van der Waals surface area contributed by atoms with Crippen molar-refractivity contribution in [2.45, 2.75) is 43.4 Å². The van der Waals surface area contributed by atoms with Crippen LogP contribution in [0.2, 0.25) is 21.6 Å². The van der Waals surface area contributed by atoms with Crippen molar-refractivity contribution in [3.05, 3.63) is 33.4 Å². The molecule has 0 amide bonds. The van der Waals surface area contributed by atoms with Crippen molar-refractivity contribution in [3.63, 3.8) is 0 Å². The summed E-state index contributed by atoms with van der Waals surface area (Å²) < 4.78 is 57.8. The van der Waals surface area contributed by atoms with Crippen molar-refractivity contribution < 1.29 is 21.9 Å². The minimum atomic E-state index is -4.62. The van der Waals surface area contributed by atoms with E-state index in [-0.39, 0.29) is 37.2 Å². The van der Waals surface area contributed by atoms with Gasteiger partial charge in [0, 0.05) is 6.26 Å². The molecule has 0 aliphatic rings. The second-order valence-corrected chi connectivity index (χ2v) is 13.0. The molecule has 166 valence electrons. The highest BCUT2D eigenvalue weighted by atomic mass is 35.5. The fourth-order valence-corrected chi connectivity index (χ4v) is 4.22. The van der Waals surface area contributed by atoms with Crippen LogP contribution in [-0.4, -0.2) is 35.5 Å². The molecule has 0 aliphatic carbocycles. The van der Waals surface area contributed by atoms with Crippen LogP contribution in [0, 0.1) is 0 Å². The highest BCUT2D eigenvalue weighted by Gasteiger charge is 2.33. The predicted octanol–water partition coefficient (Wildman–Crippen LogP) is 5.02. The van der Waals surface area contributed by atoms with Crippen molar-refractivity contribution in [3.8, 4) is 5.69 Å². The highest BCUT2D eigenvalue weighted by Crippen LogP contribution is 2.39. The van der Waals surface area contributed by atoms with Gasteiger partial charge in [0.2, 0.25) is 0 Å². The number of anilines is 1. The Bertz CT molecular complexity index is 983. The van der Waals surface area contributed by atoms with E-state index < -0.39 is 31.6 Å². The molecule has 0 bridgehead atoms. The lowest BCUT2D eigenvalue weighted by Gasteiger charge is -2.22. The van der Waals surface area contributed by atoms with E-state index in [1.165, 1.54) is 12.5 Å². The van der Waals surface area contributed by atoms with Crippen LogP contribution in [0.3, 0.4) is 0 Å². The van der Waals surface area contributed by atoms with Gasteiger partial charge in [-0.1, -0.05) is 44.0 Å². The standard InChI is InChI=1S/C17H21Cl2F3N4O2SSi/c1-16(2,3)30(5)28-24-8-12-14(29(4)27)15(23)26(25-12)13-10(18)6-9(7-11(13)19)17(20,21)22/h6-8,30H,23H2,1-5H3. The highest BCUT2D eigenvalue weighted by molar-refractivity contribution is 7.84. The van der Waals surface area contributed by atoms with Gasteiger partial charge in [-0.15, -0.1) is 5.16 Å². The third-order valence-corrected chi connectivity index (χ3v) is 8.80. The van der Waals surface area contributed by atoms with E-state index >= 15 is 0 Å². The summed E-state index contributed by atoms with van der Waals surface area (Å²) in [4.78, 5) is 0.138. The number of benzene rings is 1. The minimum absolute atomic E-state index is 0.0343. The molecule has 2 N–H and O–H groups in total. The molecule has 1 aromatic carbocycles. The SMILES string of the molecule is C[SiH](ON=Cc1nn(-c2c(Cl)cc(C(F)(F)F)cc2Cl)c(N)c1S(C)=O)C(C)(C)C. The smallest absolute Gasteiger partial charge is 0.416 e. The van der Waals surface area contributed by atoms with E-state index in [1.807, 2.05) is 27.3 Å². The zero-order chi connectivity index (χ0) is 23.0. The number of nitrogens with two attached hydrogens (primary N) is 1. The number of rotatable bonds is 5. The lowest BCUT2D eigenvalue weighted by atomic mass is 10.2. The van der Waals surface area contributed by atoms with Crippen molar-refractivity contribution in [1.29, 1.82) is 0 Å². The monoisotopic (exact) mass is 500 g/mol. The average Bonchev–Trinajstić information content (AvgIpc) is 2.89. The summed E-state index contributed by atoms with van der Waals surface area (Å²) in [5.74, 6) is -0.0815. The zero-order valence-corrected chi connectivity index (χ0v) is 20.3. The van der Waals surface area contributed by atoms with E-state index in [0.717, 1.165) is 16.8 Å². The average molecular weight is 501 g/mol. The first-order valence-corrected chi connectivity index (χ1v) is 13.1. The van der Waals surface area contributed by atoms with Gasteiger partial charge < -0.3 is 10.3 Å². The lowest BCUT2D eigenvalue weighted by molar-refractivity contribution is -0.137. The molecule has 1 heterocycles. The molecule has 1 aromatic heterocycles. The van der Waals surface area contributed by atoms with Gasteiger partial charge in [0.25, 0.3) is 9.04 Å². The van der Waals surface area contributed by atoms with Crippen LogP contribution >= 0.6 is 23.2 Å². The second-order valence-electron chi connectivity index (χ2n) is 7.60. The van der Waals surface area contributed by atoms with E-state index in [0.29, 0.717) is 0 Å². The van der Waals surface area contributed by atoms with Crippen LogP contribution in [-0.2, 0) is 21.5 Å². The summed E-state index contributed by atoms with van der Waals surface area (Å²) in [5.41, 5.74) is 5.14. The van der Waals surface area contributed by atoms with Crippen LogP contribution < -0.4 is 5.73 Å². The van der Waals surface area contributed by atoms with Crippen molar-refractivity contribution in [2.24, 2.45) is 5.16 Å². The molecule has 0 spiro atoms. The molecular weight excluding hydrogens is 480 g/mol. The number of nitrogen functional groups attached to an aromatic ring is 1. The van der Waals surface area contributed by atoms with E-state index in [2.05, 4.69) is 10.3 Å². The Morgan fingerprint density at radius 2 is 1.80 bits per heavy atom. The van der Waals surface area contributed by atoms with Crippen LogP contribution in [0.25, 0.3) is 5.69 Å². The molecule has 2 unspecified atom stereocenters. The number of hydrogen-bond acceptors (Lipinski definition) is 5. The predicted molar refractivity (Wildman–Crippen MR) is 117 cm³/mol. The van der Waals surface area contributed by atoms with Gasteiger partial charge in [-0.2, -0.15) is 18.3 Å². The minimum Gasteiger partial charge on any atom is -0.458 e. The Hall–Kier alpha value is -1.56. The molecule has 2 rings (SSSR count). The Labute approximate surface area is 186 Å². The summed E-state index contributed by atoms with van der Waals surface area (Å²) in [6.07, 6.45) is -1.97. The molecule has 0 saturated heterocycles. The third-order valence-electron chi connectivity index (χ3n) is 4.36. The van der Waals surface area contributed by atoms with Crippen LogP contribution in [0.1, 0.15) is 32.0 Å². The molecule has 6 nitrogen and oxygen atoms in total. The fraction of sp³-hybridized carbons (Fsp3) is 0.412. The third kappa shape index (κ3) is 5.37. The largest absolute Gasteiger partial charge is 0.458 e. The molecule has 0 fully saturated rings. The van der Waals surface area contributed by atoms with Crippen LogP contribution in [0.15, 0.2) is 22.2 Å². The molecule has 2 atom stereocenters. The zero-order valence-electron chi connectivity index (χ0n) is 16.8. The Kier molecular flexibility index (Phi) is 7.32. The Morgan fingerprint density at radius 3 is 2.23 bits per heavy atom. The van der Waals surface area contributed by atoms with Crippen LogP contribution in [0.5, 0.6) is 0 Å². The normalized spacial score (nSPS) is 14.9. The van der Waals surface area contributed by atoms with Crippen molar-refractivity contribution >= 4 is 55.1 Å². The maximum absolute atomic E-state index is 13.0. The number of nitrogens with zero attached hydrogens (tertiary/aromatic N) is 3. The maximum Gasteiger partial charge on any atom is 0.416 e. The van der Waals surface area contributed by atoms with E-state index in [4.69, 9.17) is 33.5 Å². The molecule has 0 radical (unpaired) electrons. The number of hydrogen-bond donors (Lipinski definition) is 1. The Morgan fingerprint density at radius 1 is 1.27 bits per heavy atom. The summed E-state index contributed by atoms with van der Waals surface area (Å²) in [6.45, 7) is 8.08. The van der Waals surface area contributed by atoms with Crippen molar-refractivity contribution in [2.75, 3.05) is 12.0 Å². The lowest BCUT2D eigenvalue weighted by Crippen LogP contribution is -2.23. The summed E-state index contributed by atoms with van der Waals surface area (Å²) >= 11 is 12.1. The quantitative estimate of drug-likeness (QED) is 0.354. The number of aromatic nitrogens is 2. The fourth-order valence-electron chi connectivity index (χ4n) is 2.25. The maximum atomic E-state index is 13.0. The van der Waals surface area contributed by atoms with E-state index in [1.54, 1.807) is 0 Å². The molecule has 2 aromatic rings. The van der Waals surface area contributed by atoms with Gasteiger partial charge in [-0.3, -0.25) is 4.21 Å². The molecular formula is C17H21Cl2F3N4O2SSi. The first kappa shape index (κ1) is 24.7. The van der Waals surface area contributed by atoms with Gasteiger partial charge >= 0.3 is 6.18 Å². The van der Waals surface area contributed by atoms with Gasteiger partial charge in [-0.25, -0.2) is 4.68 Å². The number of oxime groups is 1. The second kappa shape index (κ2) is 8.89. The Balaban J connectivity index is 2.54.